The van der Waals surface area contributed by atoms with Crippen molar-refractivity contribution in [1.82, 2.24) is 9.88 Å². The third-order valence-corrected chi connectivity index (χ3v) is 5.24. The third-order valence-electron chi connectivity index (χ3n) is 5.24. The first-order valence-electron chi connectivity index (χ1n) is 10.2. The van der Waals surface area contributed by atoms with E-state index in [0.717, 1.165) is 0 Å². The standard InChI is InChI=1S/C25H23N3O5/c1-31-19-10-5-4-9-18(19)22-23(27-16-11-12-20(32-2)21(14-16)33-3)25(30)28(24(22)29)15-17-8-6-7-13-26-17/h4-14,27H,15H2,1-3H3. The highest BCUT2D eigenvalue weighted by atomic mass is 16.5. The lowest BCUT2D eigenvalue weighted by molar-refractivity contribution is -0.137. The molecule has 2 heterocycles. The fourth-order valence-corrected chi connectivity index (χ4v) is 3.65. The summed E-state index contributed by atoms with van der Waals surface area (Å²) in [7, 11) is 4.59. The summed E-state index contributed by atoms with van der Waals surface area (Å²) in [6.45, 7) is 0.0499. The molecule has 1 N–H and O–H groups in total. The highest BCUT2D eigenvalue weighted by Crippen LogP contribution is 2.37. The summed E-state index contributed by atoms with van der Waals surface area (Å²) in [5, 5.41) is 3.12. The van der Waals surface area contributed by atoms with Crippen LogP contribution in [0.1, 0.15) is 11.3 Å². The maximum absolute atomic E-state index is 13.5. The Morgan fingerprint density at radius 1 is 0.818 bits per heavy atom. The minimum atomic E-state index is -0.457. The lowest BCUT2D eigenvalue weighted by Gasteiger charge is -2.15. The number of nitrogens with zero attached hydrogens (tertiary/aromatic N) is 2. The summed E-state index contributed by atoms with van der Waals surface area (Å²) in [6, 6.07) is 17.6. The highest BCUT2D eigenvalue weighted by molar-refractivity contribution is 6.36. The van der Waals surface area contributed by atoms with Crippen LogP contribution in [0.2, 0.25) is 0 Å². The number of carbonyl (C=O) groups is 2. The second kappa shape index (κ2) is 9.44. The zero-order valence-electron chi connectivity index (χ0n) is 18.5. The zero-order chi connectivity index (χ0) is 23.4. The molecule has 0 atom stereocenters. The molecule has 2 aromatic carbocycles. The number of imide groups is 1. The van der Waals surface area contributed by atoms with Gasteiger partial charge < -0.3 is 19.5 Å². The van der Waals surface area contributed by atoms with Crippen molar-refractivity contribution in [3.63, 3.8) is 0 Å². The number of nitrogens with one attached hydrogen (secondary N) is 1. The van der Waals surface area contributed by atoms with Gasteiger partial charge >= 0.3 is 0 Å². The number of carbonyl (C=O) groups excluding carboxylic acids is 2. The van der Waals surface area contributed by atoms with Crippen molar-refractivity contribution >= 4 is 23.1 Å². The largest absolute Gasteiger partial charge is 0.496 e. The van der Waals surface area contributed by atoms with Crippen LogP contribution in [0.25, 0.3) is 5.57 Å². The van der Waals surface area contributed by atoms with Crippen LogP contribution in [0.15, 0.2) is 72.6 Å². The molecule has 3 aromatic rings. The molecule has 0 bridgehead atoms. The second-order valence-electron chi connectivity index (χ2n) is 7.16. The maximum atomic E-state index is 13.5. The molecule has 168 valence electrons. The van der Waals surface area contributed by atoms with E-state index in [-0.39, 0.29) is 17.8 Å². The molecule has 2 amide bonds. The Bertz CT molecular complexity index is 1220. The molecule has 33 heavy (non-hydrogen) atoms. The lowest BCUT2D eigenvalue weighted by Crippen LogP contribution is -2.32. The Labute approximate surface area is 191 Å². The summed E-state index contributed by atoms with van der Waals surface area (Å²) in [4.78, 5) is 32.4. The summed E-state index contributed by atoms with van der Waals surface area (Å²) in [6.07, 6.45) is 1.62. The minimum absolute atomic E-state index is 0.0499. The third kappa shape index (κ3) is 4.23. The van der Waals surface area contributed by atoms with Crippen LogP contribution >= 0.6 is 0 Å². The predicted molar refractivity (Wildman–Crippen MR) is 123 cm³/mol. The van der Waals surface area contributed by atoms with E-state index in [2.05, 4.69) is 10.3 Å². The van der Waals surface area contributed by atoms with Crippen molar-refractivity contribution in [3.8, 4) is 17.2 Å². The number of hydrogen-bond donors (Lipinski definition) is 1. The van der Waals surface area contributed by atoms with Crippen LogP contribution < -0.4 is 19.5 Å². The molecule has 0 aliphatic carbocycles. The average molecular weight is 445 g/mol. The normalized spacial score (nSPS) is 13.4. The highest BCUT2D eigenvalue weighted by Gasteiger charge is 2.40. The van der Waals surface area contributed by atoms with E-state index < -0.39 is 11.8 Å². The van der Waals surface area contributed by atoms with E-state index in [4.69, 9.17) is 14.2 Å². The molecule has 0 saturated carbocycles. The van der Waals surface area contributed by atoms with E-state index in [9.17, 15) is 9.59 Å². The molecule has 8 nitrogen and oxygen atoms in total. The van der Waals surface area contributed by atoms with Crippen LogP contribution in [-0.4, -0.2) is 43.0 Å². The topological polar surface area (TPSA) is 90.0 Å². The second-order valence-corrected chi connectivity index (χ2v) is 7.16. The first-order valence-corrected chi connectivity index (χ1v) is 10.2. The number of ether oxygens (including phenoxy) is 3. The van der Waals surface area contributed by atoms with Gasteiger partial charge in [-0.05, 0) is 30.3 Å². The van der Waals surface area contributed by atoms with Gasteiger partial charge in [-0.25, -0.2) is 0 Å². The zero-order valence-corrected chi connectivity index (χ0v) is 18.5. The van der Waals surface area contributed by atoms with Crippen molar-refractivity contribution in [1.29, 1.82) is 0 Å². The van der Waals surface area contributed by atoms with Crippen LogP contribution in [0.3, 0.4) is 0 Å². The van der Waals surface area contributed by atoms with Crippen LogP contribution in [0.4, 0.5) is 5.69 Å². The van der Waals surface area contributed by atoms with Gasteiger partial charge in [-0.1, -0.05) is 24.3 Å². The molecule has 1 aliphatic rings. The minimum Gasteiger partial charge on any atom is -0.496 e. The Balaban J connectivity index is 1.79. The van der Waals surface area contributed by atoms with E-state index in [1.165, 1.54) is 19.1 Å². The molecule has 0 unspecified atom stereocenters. The van der Waals surface area contributed by atoms with Crippen molar-refractivity contribution in [2.24, 2.45) is 0 Å². The monoisotopic (exact) mass is 445 g/mol. The maximum Gasteiger partial charge on any atom is 0.278 e. The Kier molecular flexibility index (Phi) is 6.26. The van der Waals surface area contributed by atoms with Crippen molar-refractivity contribution < 1.29 is 23.8 Å². The van der Waals surface area contributed by atoms with E-state index >= 15 is 0 Å². The van der Waals surface area contributed by atoms with Gasteiger partial charge in [-0.3, -0.25) is 19.5 Å². The Morgan fingerprint density at radius 2 is 1.55 bits per heavy atom. The van der Waals surface area contributed by atoms with Crippen molar-refractivity contribution in [3.05, 3.63) is 83.8 Å². The molecule has 0 saturated heterocycles. The molecule has 1 aromatic heterocycles. The number of pyridine rings is 1. The van der Waals surface area contributed by atoms with Gasteiger partial charge in [0.25, 0.3) is 11.8 Å². The average Bonchev–Trinajstić information content (AvgIpc) is 3.08. The fraction of sp³-hybridized carbons (Fsp3) is 0.160. The quantitative estimate of drug-likeness (QED) is 0.531. The lowest BCUT2D eigenvalue weighted by atomic mass is 10.0. The number of amides is 2. The number of rotatable bonds is 8. The number of aromatic nitrogens is 1. The number of anilines is 1. The van der Waals surface area contributed by atoms with E-state index in [0.29, 0.717) is 34.2 Å². The summed E-state index contributed by atoms with van der Waals surface area (Å²) in [5.74, 6) is 0.635. The Hall–Kier alpha value is -4.33. The molecule has 0 fully saturated rings. The Morgan fingerprint density at radius 3 is 2.24 bits per heavy atom. The molecular weight excluding hydrogens is 422 g/mol. The summed E-state index contributed by atoms with van der Waals surface area (Å²) < 4.78 is 16.1. The predicted octanol–water partition coefficient (Wildman–Crippen LogP) is 3.50. The molecule has 1 aliphatic heterocycles. The molecule has 8 heteroatoms. The summed E-state index contributed by atoms with van der Waals surface area (Å²) in [5.41, 5.74) is 2.06. The van der Waals surface area contributed by atoms with Crippen molar-refractivity contribution in [2.75, 3.05) is 26.6 Å². The SMILES string of the molecule is COc1ccc(NC2=C(c3ccccc3OC)C(=O)N(Cc3ccccn3)C2=O)cc1OC. The van der Waals surface area contributed by atoms with Gasteiger partial charge in [0.1, 0.15) is 11.4 Å². The molecule has 0 spiro atoms. The molecule has 4 rings (SSSR count). The molecular formula is C25H23N3O5. The number of para-hydroxylation sites is 1. The van der Waals surface area contributed by atoms with Gasteiger partial charge in [0.2, 0.25) is 0 Å². The first-order chi connectivity index (χ1) is 16.1. The van der Waals surface area contributed by atoms with Gasteiger partial charge in [0.15, 0.2) is 11.5 Å². The summed E-state index contributed by atoms with van der Waals surface area (Å²) >= 11 is 0. The van der Waals surface area contributed by atoms with Crippen LogP contribution in [0.5, 0.6) is 17.2 Å². The van der Waals surface area contributed by atoms with Gasteiger partial charge in [0.05, 0.1) is 39.1 Å². The van der Waals surface area contributed by atoms with E-state index in [1.54, 1.807) is 67.9 Å². The molecule has 0 radical (unpaired) electrons. The number of methoxy groups -OCH3 is 3. The van der Waals surface area contributed by atoms with Crippen LogP contribution in [-0.2, 0) is 16.1 Å². The fourth-order valence-electron chi connectivity index (χ4n) is 3.65. The number of hydrogen-bond acceptors (Lipinski definition) is 7. The smallest absolute Gasteiger partial charge is 0.278 e. The van der Waals surface area contributed by atoms with E-state index in [1.807, 2.05) is 6.07 Å². The van der Waals surface area contributed by atoms with Crippen molar-refractivity contribution in [2.45, 2.75) is 6.54 Å². The van der Waals surface area contributed by atoms with Gasteiger partial charge in [-0.2, -0.15) is 0 Å². The van der Waals surface area contributed by atoms with Crippen LogP contribution in [0, 0.1) is 0 Å². The van der Waals surface area contributed by atoms with Gasteiger partial charge in [0, 0.05) is 23.5 Å². The first kappa shape index (κ1) is 21.9. The number of benzene rings is 2. The van der Waals surface area contributed by atoms with Gasteiger partial charge in [-0.15, -0.1) is 0 Å².